The zero-order valence-corrected chi connectivity index (χ0v) is 21.4. The number of carbonyl (C=O) groups excluding carboxylic acids is 1. The van der Waals surface area contributed by atoms with Crippen molar-refractivity contribution in [2.75, 3.05) is 26.2 Å². The third kappa shape index (κ3) is 6.83. The summed E-state index contributed by atoms with van der Waals surface area (Å²) in [5.41, 5.74) is -3.38. The summed E-state index contributed by atoms with van der Waals surface area (Å²) in [6, 6.07) is 3.66. The summed E-state index contributed by atoms with van der Waals surface area (Å²) >= 11 is 6.28. The van der Waals surface area contributed by atoms with Crippen LogP contribution in [0.4, 0.5) is 26.3 Å². The highest BCUT2D eigenvalue weighted by molar-refractivity contribution is 8.26. The number of carboxylic acids is 1. The average molecular weight is 595 g/mol. The molecule has 1 aromatic heterocycles. The predicted molar refractivity (Wildman–Crippen MR) is 132 cm³/mol. The molecule has 2 unspecified atom stereocenters. The molecule has 0 radical (unpaired) electrons. The topological polar surface area (TPSA) is 94.2 Å². The molecule has 2 N–H and O–H groups in total. The lowest BCUT2D eigenvalue weighted by molar-refractivity contribution is -0.147. The number of rotatable bonds is 7. The number of β-amino-alcohol motifs (C(OH)–C–C–N with tert-alkyl or cyclic N) is 1. The molecule has 0 saturated carbocycles. The molecular formula is C24H20F6N2O5S2. The smallest absolute Gasteiger partial charge is 0.416 e. The monoisotopic (exact) mass is 594 g/mol. The largest absolute Gasteiger partial charge is 0.479 e. The number of likely N-dealkylation sites (tertiary alicyclic amines) is 1. The number of amides is 1. The van der Waals surface area contributed by atoms with Crippen LogP contribution >= 0.6 is 24.0 Å². The normalized spacial score (nSPS) is 20.8. The van der Waals surface area contributed by atoms with Gasteiger partial charge in [0.25, 0.3) is 5.91 Å². The van der Waals surface area contributed by atoms with Crippen LogP contribution in [0, 0.1) is 5.92 Å². The Hall–Kier alpha value is -2.88. The molecule has 2 aromatic rings. The average Bonchev–Trinajstić information content (AvgIpc) is 3.55. The van der Waals surface area contributed by atoms with Crippen molar-refractivity contribution in [1.29, 1.82) is 0 Å². The van der Waals surface area contributed by atoms with Crippen molar-refractivity contribution < 1.29 is 50.6 Å². The summed E-state index contributed by atoms with van der Waals surface area (Å²) in [5, 5.41) is 18.4. The maximum Gasteiger partial charge on any atom is 0.416 e. The van der Waals surface area contributed by atoms with Crippen LogP contribution < -0.4 is 0 Å². The summed E-state index contributed by atoms with van der Waals surface area (Å²) in [5.74, 6) is -2.00. The van der Waals surface area contributed by atoms with Gasteiger partial charge in [-0.15, -0.1) is 0 Å². The molecule has 2 saturated heterocycles. The number of hydrogen-bond donors (Lipinski definition) is 2. The number of alkyl halides is 6. The number of halogens is 6. The Balaban J connectivity index is 1.48. The highest BCUT2D eigenvalue weighted by Gasteiger charge is 2.38. The van der Waals surface area contributed by atoms with E-state index >= 15 is 0 Å². The molecule has 1 aromatic carbocycles. The number of benzene rings is 1. The lowest BCUT2D eigenvalue weighted by Gasteiger charge is -2.21. The van der Waals surface area contributed by atoms with Crippen LogP contribution in [0.2, 0.25) is 0 Å². The van der Waals surface area contributed by atoms with E-state index in [2.05, 4.69) is 0 Å². The molecular weight excluding hydrogens is 574 g/mol. The van der Waals surface area contributed by atoms with Crippen molar-refractivity contribution in [3.8, 4) is 11.3 Å². The van der Waals surface area contributed by atoms with Gasteiger partial charge in [0.15, 0.2) is 6.10 Å². The molecule has 210 valence electrons. The fourth-order valence-corrected chi connectivity index (χ4v) is 5.53. The Kier molecular flexibility index (Phi) is 8.17. The maximum absolute atomic E-state index is 13.2. The number of furan rings is 1. The minimum Gasteiger partial charge on any atom is -0.479 e. The van der Waals surface area contributed by atoms with Gasteiger partial charge < -0.3 is 14.6 Å². The number of aliphatic hydroxyl groups is 1. The van der Waals surface area contributed by atoms with Crippen LogP contribution in [-0.2, 0) is 21.9 Å². The van der Waals surface area contributed by atoms with Crippen LogP contribution in [0.25, 0.3) is 17.4 Å². The summed E-state index contributed by atoms with van der Waals surface area (Å²) < 4.78 is 84.9. The number of thiocarbonyl (C=S) groups is 1. The van der Waals surface area contributed by atoms with E-state index < -0.39 is 47.0 Å². The number of carbonyl (C=O) groups is 2. The van der Waals surface area contributed by atoms with Crippen molar-refractivity contribution in [2.45, 2.75) is 24.9 Å². The van der Waals surface area contributed by atoms with E-state index in [1.54, 1.807) is 4.90 Å². The van der Waals surface area contributed by atoms with Gasteiger partial charge in [-0.25, -0.2) is 4.79 Å². The fraction of sp³-hybridized carbons (Fsp3) is 0.375. The van der Waals surface area contributed by atoms with E-state index in [9.17, 15) is 41.0 Å². The molecule has 7 nitrogen and oxygen atoms in total. The molecule has 0 spiro atoms. The first-order chi connectivity index (χ1) is 18.1. The molecule has 0 bridgehead atoms. The first-order valence-electron chi connectivity index (χ1n) is 11.4. The first-order valence-corrected chi connectivity index (χ1v) is 12.6. The fourth-order valence-electron chi connectivity index (χ4n) is 4.28. The molecule has 2 atom stereocenters. The van der Waals surface area contributed by atoms with Crippen LogP contribution in [0.15, 0.2) is 39.7 Å². The molecule has 15 heteroatoms. The first kappa shape index (κ1) is 29.1. The summed E-state index contributed by atoms with van der Waals surface area (Å²) in [6.45, 7) is 1.22. The Morgan fingerprint density at radius 2 is 1.79 bits per heavy atom. The van der Waals surface area contributed by atoms with Gasteiger partial charge in [-0.1, -0.05) is 24.0 Å². The third-order valence-electron chi connectivity index (χ3n) is 6.17. The number of aliphatic hydroxyl groups excluding tert-OH is 1. The van der Waals surface area contributed by atoms with Gasteiger partial charge in [0, 0.05) is 31.3 Å². The Labute approximate surface area is 227 Å². The second-order valence-corrected chi connectivity index (χ2v) is 10.7. The van der Waals surface area contributed by atoms with Gasteiger partial charge in [0.05, 0.1) is 16.0 Å². The highest BCUT2D eigenvalue weighted by atomic mass is 32.2. The van der Waals surface area contributed by atoms with Crippen molar-refractivity contribution in [2.24, 2.45) is 5.92 Å². The van der Waals surface area contributed by atoms with Crippen molar-refractivity contribution in [3.05, 3.63) is 52.1 Å². The van der Waals surface area contributed by atoms with Crippen LogP contribution in [0.1, 0.15) is 23.3 Å². The Morgan fingerprint density at radius 3 is 2.38 bits per heavy atom. The summed E-state index contributed by atoms with van der Waals surface area (Å²) in [4.78, 5) is 27.1. The van der Waals surface area contributed by atoms with Gasteiger partial charge in [-0.3, -0.25) is 14.6 Å². The van der Waals surface area contributed by atoms with Crippen molar-refractivity contribution in [3.63, 3.8) is 0 Å². The highest BCUT2D eigenvalue weighted by Crippen LogP contribution is 2.40. The standard InChI is InChI=1S/C24H20F6N2O5S2/c25-23(26,27)14-5-13(6-15(7-14)24(28,29)30)18-2-1-16(37-18)8-19-20(34)32(22(38)39-19)10-12-3-4-31(9-12)11-17(33)21(35)36/h1-2,5-8,12,17,33H,3-4,9-11H2,(H,35,36). The third-order valence-corrected chi connectivity index (χ3v) is 7.55. The lowest BCUT2D eigenvalue weighted by Crippen LogP contribution is -2.37. The van der Waals surface area contributed by atoms with E-state index in [0.29, 0.717) is 31.6 Å². The zero-order valence-electron chi connectivity index (χ0n) is 19.8. The zero-order chi connectivity index (χ0) is 28.7. The lowest BCUT2D eigenvalue weighted by atomic mass is 10.0. The van der Waals surface area contributed by atoms with E-state index in [1.165, 1.54) is 23.1 Å². The van der Waals surface area contributed by atoms with E-state index in [-0.39, 0.29) is 45.8 Å². The molecule has 4 rings (SSSR count). The van der Waals surface area contributed by atoms with Gasteiger partial charge in [0.1, 0.15) is 15.8 Å². The maximum atomic E-state index is 13.2. The number of carboxylic acid groups (broad SMARTS) is 1. The second kappa shape index (κ2) is 10.9. The van der Waals surface area contributed by atoms with Crippen LogP contribution in [0.5, 0.6) is 0 Å². The van der Waals surface area contributed by atoms with Gasteiger partial charge in [0.2, 0.25) is 0 Å². The molecule has 3 heterocycles. The molecule has 1 amide bonds. The number of hydrogen-bond acceptors (Lipinski definition) is 7. The Bertz CT molecular complexity index is 1290. The molecule has 2 aliphatic rings. The SMILES string of the molecule is O=C(O)C(O)CN1CCC(CN2C(=O)C(=Cc3ccc(-c4cc(C(F)(F)F)cc(C(F)(F)F)c4)o3)SC2=S)C1. The van der Waals surface area contributed by atoms with Gasteiger partial charge >= 0.3 is 18.3 Å². The number of thioether (sulfide) groups is 1. The summed E-state index contributed by atoms with van der Waals surface area (Å²) in [7, 11) is 0. The van der Waals surface area contributed by atoms with Crippen molar-refractivity contribution >= 4 is 46.3 Å². The van der Waals surface area contributed by atoms with Crippen LogP contribution in [0.3, 0.4) is 0 Å². The second-order valence-electron chi connectivity index (χ2n) is 9.06. The van der Waals surface area contributed by atoms with Gasteiger partial charge in [-0.2, -0.15) is 26.3 Å². The summed E-state index contributed by atoms with van der Waals surface area (Å²) in [6.07, 6.45) is -9.57. The predicted octanol–water partition coefficient (Wildman–Crippen LogP) is 4.95. The molecule has 2 aliphatic heterocycles. The van der Waals surface area contributed by atoms with E-state index in [1.807, 2.05) is 0 Å². The number of nitrogens with zero attached hydrogens (tertiary/aromatic N) is 2. The molecule has 0 aliphatic carbocycles. The quantitative estimate of drug-likeness (QED) is 0.264. The number of aliphatic carboxylic acids is 1. The minimum atomic E-state index is -5.01. The Morgan fingerprint density at radius 1 is 1.15 bits per heavy atom. The van der Waals surface area contributed by atoms with E-state index in [4.69, 9.17) is 21.7 Å². The van der Waals surface area contributed by atoms with E-state index in [0.717, 1.165) is 11.8 Å². The minimum absolute atomic E-state index is 0.0215. The van der Waals surface area contributed by atoms with Crippen LogP contribution in [-0.4, -0.2) is 68.5 Å². The van der Waals surface area contributed by atoms with Gasteiger partial charge in [-0.05, 0) is 49.2 Å². The molecule has 2 fully saturated rings. The van der Waals surface area contributed by atoms with Crippen molar-refractivity contribution in [1.82, 2.24) is 9.80 Å². The molecule has 39 heavy (non-hydrogen) atoms.